The minimum Gasteiger partial charge on any atom is -0.294 e. The molecular formula is C10H14O2S2. The molecule has 2 nitrogen and oxygen atoms in total. The average molecular weight is 230 g/mol. The molecule has 4 heteroatoms. The van der Waals surface area contributed by atoms with Gasteiger partial charge < -0.3 is 0 Å². The van der Waals surface area contributed by atoms with Crippen LogP contribution in [0, 0.1) is 0 Å². The average Bonchev–Trinajstić information content (AvgIpc) is 2.33. The summed E-state index contributed by atoms with van der Waals surface area (Å²) >= 11 is 2.99. The van der Waals surface area contributed by atoms with Crippen molar-refractivity contribution in [3.05, 3.63) is 9.81 Å². The third-order valence-corrected chi connectivity index (χ3v) is 4.34. The van der Waals surface area contributed by atoms with Gasteiger partial charge in [0.1, 0.15) is 0 Å². The van der Waals surface area contributed by atoms with Gasteiger partial charge in [-0.1, -0.05) is 0 Å². The summed E-state index contributed by atoms with van der Waals surface area (Å²) in [5.41, 5.74) is 0.461. The molecule has 0 bridgehead atoms. The molecule has 0 unspecified atom stereocenters. The maximum atomic E-state index is 11.7. The van der Waals surface area contributed by atoms with E-state index in [2.05, 4.69) is 0 Å². The van der Waals surface area contributed by atoms with Crippen LogP contribution in [0.4, 0.5) is 0 Å². The Morgan fingerprint density at radius 2 is 1.43 bits per heavy atom. The van der Waals surface area contributed by atoms with Crippen molar-refractivity contribution in [1.29, 1.82) is 0 Å². The summed E-state index contributed by atoms with van der Waals surface area (Å²) in [4.78, 5) is 23.4. The summed E-state index contributed by atoms with van der Waals surface area (Å²) in [6.45, 7) is 0. The molecule has 0 aliphatic heterocycles. The lowest BCUT2D eigenvalue weighted by molar-refractivity contribution is -0.120. The van der Waals surface area contributed by atoms with Crippen molar-refractivity contribution in [2.24, 2.45) is 0 Å². The second-order valence-electron chi connectivity index (χ2n) is 3.12. The minimum absolute atomic E-state index is 0.0335. The van der Waals surface area contributed by atoms with Crippen LogP contribution < -0.4 is 0 Å². The van der Waals surface area contributed by atoms with Crippen LogP contribution in [-0.4, -0.2) is 24.1 Å². The van der Waals surface area contributed by atoms with Gasteiger partial charge in [0, 0.05) is 12.8 Å². The van der Waals surface area contributed by atoms with E-state index >= 15 is 0 Å². The fraction of sp³-hybridized carbons (Fsp3) is 0.600. The van der Waals surface area contributed by atoms with Crippen LogP contribution in [0.2, 0.25) is 0 Å². The second-order valence-corrected chi connectivity index (χ2v) is 5.02. The van der Waals surface area contributed by atoms with Crippen molar-refractivity contribution in [3.63, 3.8) is 0 Å². The monoisotopic (exact) mass is 230 g/mol. The molecule has 0 heterocycles. The highest BCUT2D eigenvalue weighted by atomic mass is 32.2. The summed E-state index contributed by atoms with van der Waals surface area (Å²) in [5.74, 6) is 0.0670. The molecule has 0 aromatic heterocycles. The molecule has 1 saturated carbocycles. The molecule has 0 amide bonds. The maximum absolute atomic E-state index is 11.7. The Kier molecular flexibility index (Phi) is 4.75. The van der Waals surface area contributed by atoms with Crippen LogP contribution >= 0.6 is 23.5 Å². The van der Waals surface area contributed by atoms with Gasteiger partial charge in [0.2, 0.25) is 0 Å². The van der Waals surface area contributed by atoms with Crippen molar-refractivity contribution in [3.8, 4) is 0 Å². The zero-order valence-corrected chi connectivity index (χ0v) is 10.1. The van der Waals surface area contributed by atoms with E-state index in [-0.39, 0.29) is 11.6 Å². The van der Waals surface area contributed by atoms with Gasteiger partial charge in [-0.15, -0.1) is 23.5 Å². The van der Waals surface area contributed by atoms with Crippen molar-refractivity contribution < 1.29 is 9.59 Å². The van der Waals surface area contributed by atoms with Crippen LogP contribution in [0.1, 0.15) is 25.7 Å². The zero-order valence-electron chi connectivity index (χ0n) is 8.46. The van der Waals surface area contributed by atoms with Gasteiger partial charge in [0.15, 0.2) is 11.6 Å². The highest BCUT2D eigenvalue weighted by Crippen LogP contribution is 2.31. The Balaban J connectivity index is 3.05. The first-order valence-electron chi connectivity index (χ1n) is 4.59. The number of carbonyl (C=O) groups is 2. The number of allylic oxidation sites excluding steroid dienone is 1. The number of carbonyl (C=O) groups excluding carboxylic acids is 2. The van der Waals surface area contributed by atoms with E-state index in [1.807, 2.05) is 12.5 Å². The molecule has 0 radical (unpaired) electrons. The van der Waals surface area contributed by atoms with E-state index in [9.17, 15) is 9.59 Å². The molecule has 78 valence electrons. The zero-order chi connectivity index (χ0) is 10.6. The Hall–Kier alpha value is -0.220. The normalized spacial score (nSPS) is 18.3. The fourth-order valence-electron chi connectivity index (χ4n) is 1.49. The third kappa shape index (κ3) is 2.64. The molecule has 0 spiro atoms. The Bertz CT molecular complexity index is 256. The Morgan fingerprint density at radius 1 is 1.00 bits per heavy atom. The molecule has 0 atom stereocenters. The number of rotatable bonds is 2. The van der Waals surface area contributed by atoms with Gasteiger partial charge in [-0.3, -0.25) is 9.59 Å². The third-order valence-electron chi connectivity index (χ3n) is 2.19. The van der Waals surface area contributed by atoms with Crippen LogP contribution in [0.3, 0.4) is 0 Å². The van der Waals surface area contributed by atoms with Gasteiger partial charge in [-0.25, -0.2) is 0 Å². The quantitative estimate of drug-likeness (QED) is 0.415. The first-order valence-corrected chi connectivity index (χ1v) is 7.04. The SMILES string of the molecule is CSC(SC)=C1C(=O)CCCCC1=O. The fourth-order valence-corrected chi connectivity index (χ4v) is 3.02. The number of Topliss-reactive ketones (excluding diaryl/α,β-unsaturated/α-hetero) is 2. The number of ketones is 2. The van der Waals surface area contributed by atoms with Gasteiger partial charge >= 0.3 is 0 Å². The number of hydrogen-bond acceptors (Lipinski definition) is 4. The lowest BCUT2D eigenvalue weighted by Crippen LogP contribution is -2.10. The van der Waals surface area contributed by atoms with Crippen molar-refractivity contribution in [1.82, 2.24) is 0 Å². The van der Waals surface area contributed by atoms with E-state index in [1.165, 1.54) is 23.5 Å². The standard InChI is InChI=1S/C10H14O2S2/c1-13-10(14-2)9-7(11)5-3-4-6-8(9)12/h3-6H2,1-2H3. The van der Waals surface area contributed by atoms with E-state index < -0.39 is 0 Å². The van der Waals surface area contributed by atoms with Crippen molar-refractivity contribution in [2.45, 2.75) is 25.7 Å². The maximum Gasteiger partial charge on any atom is 0.168 e. The summed E-state index contributed by atoms with van der Waals surface area (Å²) in [7, 11) is 0. The summed E-state index contributed by atoms with van der Waals surface area (Å²) < 4.78 is 0.877. The van der Waals surface area contributed by atoms with E-state index in [4.69, 9.17) is 0 Å². The highest BCUT2D eigenvalue weighted by molar-refractivity contribution is 8.21. The van der Waals surface area contributed by atoms with E-state index in [0.29, 0.717) is 18.4 Å². The number of hydrogen-bond donors (Lipinski definition) is 0. The smallest absolute Gasteiger partial charge is 0.168 e. The molecule has 0 aromatic carbocycles. The predicted molar refractivity (Wildman–Crippen MR) is 62.5 cm³/mol. The number of thioether (sulfide) groups is 2. The van der Waals surface area contributed by atoms with Crippen molar-refractivity contribution in [2.75, 3.05) is 12.5 Å². The van der Waals surface area contributed by atoms with E-state index in [1.54, 1.807) is 0 Å². The highest BCUT2D eigenvalue weighted by Gasteiger charge is 2.24. The molecule has 1 aliphatic rings. The molecule has 1 aliphatic carbocycles. The summed E-state index contributed by atoms with van der Waals surface area (Å²) in [6.07, 6.45) is 6.58. The first kappa shape index (κ1) is 11.9. The topological polar surface area (TPSA) is 34.1 Å². The molecule has 0 N–H and O–H groups in total. The van der Waals surface area contributed by atoms with Crippen molar-refractivity contribution >= 4 is 35.1 Å². The molecule has 1 rings (SSSR count). The van der Waals surface area contributed by atoms with Gasteiger partial charge in [-0.05, 0) is 25.4 Å². The van der Waals surface area contributed by atoms with Gasteiger partial charge in [0.05, 0.1) is 9.81 Å². The Labute approximate surface area is 92.9 Å². The van der Waals surface area contributed by atoms with Gasteiger partial charge in [-0.2, -0.15) is 0 Å². The predicted octanol–water partition coefficient (Wildman–Crippen LogP) is 2.64. The van der Waals surface area contributed by atoms with Gasteiger partial charge in [0.25, 0.3) is 0 Å². The minimum atomic E-state index is 0.0335. The molecule has 0 saturated heterocycles. The Morgan fingerprint density at radius 3 is 1.79 bits per heavy atom. The van der Waals surface area contributed by atoms with Crippen LogP contribution in [0.5, 0.6) is 0 Å². The van der Waals surface area contributed by atoms with Crippen LogP contribution in [-0.2, 0) is 9.59 Å². The summed E-state index contributed by atoms with van der Waals surface area (Å²) in [5, 5.41) is 0. The van der Waals surface area contributed by atoms with Crippen LogP contribution in [0.15, 0.2) is 9.81 Å². The molecule has 14 heavy (non-hydrogen) atoms. The molecule has 0 aromatic rings. The van der Waals surface area contributed by atoms with Crippen LogP contribution in [0.25, 0.3) is 0 Å². The van der Waals surface area contributed by atoms with E-state index in [0.717, 1.165) is 17.1 Å². The lowest BCUT2D eigenvalue weighted by Gasteiger charge is -2.06. The summed E-state index contributed by atoms with van der Waals surface area (Å²) in [6, 6.07) is 0. The molecular weight excluding hydrogens is 216 g/mol. The largest absolute Gasteiger partial charge is 0.294 e. The molecule has 1 fully saturated rings. The second kappa shape index (κ2) is 5.61. The lowest BCUT2D eigenvalue weighted by atomic mass is 10.1. The first-order chi connectivity index (χ1) is 6.70.